The molecule has 6 nitrogen and oxygen atoms in total. The highest BCUT2D eigenvalue weighted by Gasteiger charge is 2.31. The Labute approximate surface area is 124 Å². The zero-order chi connectivity index (χ0) is 15.6. The molecule has 116 valence electrons. The standard InChI is InChI=1S/C14H20N2O4S/c1-9(16-14(17)13-6-7-20-10(13)2)11-4-3-5-12(8-11)21(15,18)19/h3-5,8-10,13H,6-7H2,1-2H3,(H,16,17)(H2,15,18,19). The van der Waals surface area contributed by atoms with E-state index < -0.39 is 10.0 Å². The molecular formula is C14H20N2O4S. The van der Waals surface area contributed by atoms with Crippen molar-refractivity contribution in [3.63, 3.8) is 0 Å². The third kappa shape index (κ3) is 3.81. The SMILES string of the molecule is CC(NC(=O)C1CCOC1C)c1cccc(S(N)(=O)=O)c1. The molecule has 2 rings (SSSR count). The van der Waals surface area contributed by atoms with Crippen LogP contribution in [0.25, 0.3) is 0 Å². The average Bonchev–Trinajstić information content (AvgIpc) is 2.84. The number of carbonyl (C=O) groups excluding carboxylic acids is 1. The number of sulfonamides is 1. The molecule has 1 aromatic rings. The molecule has 3 N–H and O–H groups in total. The van der Waals surface area contributed by atoms with E-state index in [4.69, 9.17) is 9.88 Å². The van der Waals surface area contributed by atoms with Crippen LogP contribution in [0.2, 0.25) is 0 Å². The third-order valence-corrected chi connectivity index (χ3v) is 4.67. The Hall–Kier alpha value is -1.44. The molecule has 7 heteroatoms. The zero-order valence-corrected chi connectivity index (χ0v) is 12.9. The van der Waals surface area contributed by atoms with Crippen molar-refractivity contribution in [2.45, 2.75) is 37.3 Å². The van der Waals surface area contributed by atoms with E-state index in [9.17, 15) is 13.2 Å². The molecule has 1 aliphatic rings. The topological polar surface area (TPSA) is 98.5 Å². The van der Waals surface area contributed by atoms with E-state index in [0.29, 0.717) is 18.6 Å². The molecule has 0 aliphatic carbocycles. The maximum absolute atomic E-state index is 12.2. The van der Waals surface area contributed by atoms with Crippen molar-refractivity contribution in [2.75, 3.05) is 6.61 Å². The summed E-state index contributed by atoms with van der Waals surface area (Å²) in [4.78, 5) is 12.2. The quantitative estimate of drug-likeness (QED) is 0.864. The van der Waals surface area contributed by atoms with Crippen LogP contribution in [-0.2, 0) is 19.6 Å². The van der Waals surface area contributed by atoms with Crippen LogP contribution in [-0.4, -0.2) is 27.0 Å². The molecule has 0 radical (unpaired) electrons. The van der Waals surface area contributed by atoms with E-state index in [0.717, 1.165) is 0 Å². The van der Waals surface area contributed by atoms with Crippen molar-refractivity contribution in [1.29, 1.82) is 0 Å². The van der Waals surface area contributed by atoms with Gasteiger partial charge in [0.25, 0.3) is 0 Å². The summed E-state index contributed by atoms with van der Waals surface area (Å²) < 4.78 is 28.1. The number of amides is 1. The van der Waals surface area contributed by atoms with E-state index in [-0.39, 0.29) is 28.9 Å². The second kappa shape index (κ2) is 6.13. The summed E-state index contributed by atoms with van der Waals surface area (Å²) in [6, 6.07) is 5.98. The Balaban J connectivity index is 2.10. The van der Waals surface area contributed by atoms with Crippen LogP contribution in [0.15, 0.2) is 29.2 Å². The number of hydrogen-bond donors (Lipinski definition) is 2. The van der Waals surface area contributed by atoms with Crippen molar-refractivity contribution >= 4 is 15.9 Å². The summed E-state index contributed by atoms with van der Waals surface area (Å²) in [5, 5.41) is 8.01. The fraction of sp³-hybridized carbons (Fsp3) is 0.500. The first kappa shape index (κ1) is 15.9. The van der Waals surface area contributed by atoms with Crippen LogP contribution >= 0.6 is 0 Å². The minimum absolute atomic E-state index is 0.0404. The Bertz CT molecular complexity index is 630. The lowest BCUT2D eigenvalue weighted by atomic mass is 10.0. The molecule has 0 spiro atoms. The Morgan fingerprint density at radius 1 is 1.48 bits per heavy atom. The van der Waals surface area contributed by atoms with E-state index in [2.05, 4.69) is 5.32 Å². The molecule has 1 fully saturated rings. The van der Waals surface area contributed by atoms with E-state index in [1.807, 2.05) is 6.92 Å². The first-order valence-corrected chi connectivity index (χ1v) is 8.38. The number of benzene rings is 1. The van der Waals surface area contributed by atoms with Crippen molar-refractivity contribution < 1.29 is 17.9 Å². The van der Waals surface area contributed by atoms with Gasteiger partial charge in [-0.15, -0.1) is 0 Å². The monoisotopic (exact) mass is 312 g/mol. The van der Waals surface area contributed by atoms with E-state index >= 15 is 0 Å². The summed E-state index contributed by atoms with van der Waals surface area (Å²) in [6.07, 6.45) is 0.615. The van der Waals surface area contributed by atoms with Crippen LogP contribution in [0.1, 0.15) is 31.9 Å². The second-order valence-electron chi connectivity index (χ2n) is 5.32. The van der Waals surface area contributed by atoms with Gasteiger partial charge < -0.3 is 10.1 Å². The Morgan fingerprint density at radius 2 is 2.19 bits per heavy atom. The van der Waals surface area contributed by atoms with Crippen LogP contribution in [0, 0.1) is 5.92 Å². The second-order valence-corrected chi connectivity index (χ2v) is 6.88. The number of nitrogens with one attached hydrogen (secondary N) is 1. The fourth-order valence-electron chi connectivity index (χ4n) is 2.44. The van der Waals surface area contributed by atoms with Gasteiger partial charge in [-0.05, 0) is 38.0 Å². The molecule has 1 aliphatic heterocycles. The van der Waals surface area contributed by atoms with Gasteiger partial charge in [-0.3, -0.25) is 4.79 Å². The maximum atomic E-state index is 12.2. The van der Waals surface area contributed by atoms with E-state index in [1.54, 1.807) is 19.1 Å². The van der Waals surface area contributed by atoms with Gasteiger partial charge in [0.2, 0.25) is 15.9 Å². The van der Waals surface area contributed by atoms with Crippen molar-refractivity contribution in [3.05, 3.63) is 29.8 Å². The molecule has 3 atom stereocenters. The summed E-state index contributed by atoms with van der Waals surface area (Å²) in [6.45, 7) is 4.28. The number of carbonyl (C=O) groups is 1. The van der Waals surface area contributed by atoms with Gasteiger partial charge in [-0.2, -0.15) is 0 Å². The van der Waals surface area contributed by atoms with Crippen LogP contribution in [0.3, 0.4) is 0 Å². The number of hydrogen-bond acceptors (Lipinski definition) is 4. The van der Waals surface area contributed by atoms with Crippen molar-refractivity contribution in [1.82, 2.24) is 5.32 Å². The molecule has 1 heterocycles. The van der Waals surface area contributed by atoms with Gasteiger partial charge in [0, 0.05) is 6.61 Å². The normalized spacial score (nSPS) is 23.8. The summed E-state index contributed by atoms with van der Waals surface area (Å²) in [5.74, 6) is -0.234. The third-order valence-electron chi connectivity index (χ3n) is 3.76. The minimum atomic E-state index is -3.74. The lowest BCUT2D eigenvalue weighted by Gasteiger charge is -2.19. The number of nitrogens with two attached hydrogens (primary N) is 1. The highest BCUT2D eigenvalue weighted by Crippen LogP contribution is 2.22. The average molecular weight is 312 g/mol. The van der Waals surface area contributed by atoms with Gasteiger partial charge in [0.05, 0.1) is 23.0 Å². The molecule has 3 unspecified atom stereocenters. The maximum Gasteiger partial charge on any atom is 0.238 e. The van der Waals surface area contributed by atoms with Gasteiger partial charge in [0.15, 0.2) is 0 Å². The van der Waals surface area contributed by atoms with Crippen molar-refractivity contribution in [3.8, 4) is 0 Å². The Kier molecular flexibility index (Phi) is 4.65. The van der Waals surface area contributed by atoms with Gasteiger partial charge in [-0.25, -0.2) is 13.6 Å². The Morgan fingerprint density at radius 3 is 2.76 bits per heavy atom. The molecule has 0 saturated carbocycles. The van der Waals surface area contributed by atoms with Crippen molar-refractivity contribution in [2.24, 2.45) is 11.1 Å². The lowest BCUT2D eigenvalue weighted by Crippen LogP contribution is -2.35. The molecule has 21 heavy (non-hydrogen) atoms. The van der Waals surface area contributed by atoms with Gasteiger partial charge in [0.1, 0.15) is 0 Å². The molecule has 0 aromatic heterocycles. The highest BCUT2D eigenvalue weighted by atomic mass is 32.2. The minimum Gasteiger partial charge on any atom is -0.378 e. The number of primary sulfonamides is 1. The summed E-state index contributed by atoms with van der Waals surface area (Å²) in [5.41, 5.74) is 0.696. The summed E-state index contributed by atoms with van der Waals surface area (Å²) >= 11 is 0. The lowest BCUT2D eigenvalue weighted by molar-refractivity contribution is -0.127. The van der Waals surface area contributed by atoms with Crippen LogP contribution in [0.4, 0.5) is 0 Å². The molecule has 0 bridgehead atoms. The number of rotatable bonds is 4. The highest BCUT2D eigenvalue weighted by molar-refractivity contribution is 7.89. The smallest absolute Gasteiger partial charge is 0.238 e. The molecular weight excluding hydrogens is 292 g/mol. The summed E-state index contributed by atoms with van der Waals surface area (Å²) in [7, 11) is -3.74. The fourth-order valence-corrected chi connectivity index (χ4v) is 3.01. The van der Waals surface area contributed by atoms with Gasteiger partial charge >= 0.3 is 0 Å². The molecule has 1 aromatic carbocycles. The van der Waals surface area contributed by atoms with E-state index in [1.165, 1.54) is 12.1 Å². The molecule has 1 amide bonds. The van der Waals surface area contributed by atoms with Crippen LogP contribution < -0.4 is 10.5 Å². The first-order chi connectivity index (χ1) is 9.79. The predicted octanol–water partition coefficient (Wildman–Crippen LogP) is 0.936. The zero-order valence-electron chi connectivity index (χ0n) is 12.1. The van der Waals surface area contributed by atoms with Crippen LogP contribution in [0.5, 0.6) is 0 Å². The predicted molar refractivity (Wildman–Crippen MR) is 77.9 cm³/mol. The molecule has 1 saturated heterocycles. The number of ether oxygens (including phenoxy) is 1. The first-order valence-electron chi connectivity index (χ1n) is 6.84. The largest absolute Gasteiger partial charge is 0.378 e. The van der Waals surface area contributed by atoms with Gasteiger partial charge in [-0.1, -0.05) is 12.1 Å².